The zero-order valence-corrected chi connectivity index (χ0v) is 11.4. The van der Waals surface area contributed by atoms with E-state index in [9.17, 15) is 4.79 Å². The minimum Gasteiger partial charge on any atom is -0.353 e. The molecule has 0 saturated heterocycles. The molecule has 98 valence electrons. The van der Waals surface area contributed by atoms with E-state index in [1.54, 1.807) is 0 Å². The Labute approximate surface area is 109 Å². The molecule has 1 aromatic carbocycles. The molecule has 1 aromatic rings. The third-order valence-corrected chi connectivity index (χ3v) is 3.41. The molecule has 3 nitrogen and oxygen atoms in total. The Morgan fingerprint density at radius 1 is 1.28 bits per heavy atom. The highest BCUT2D eigenvalue weighted by molar-refractivity contribution is 5.81. The summed E-state index contributed by atoms with van der Waals surface area (Å²) in [5, 5.41) is 6.37. The number of nitrogens with one attached hydrogen (secondary N) is 2. The second-order valence-corrected chi connectivity index (χ2v) is 5.34. The van der Waals surface area contributed by atoms with Gasteiger partial charge < -0.3 is 5.32 Å². The lowest BCUT2D eigenvalue weighted by molar-refractivity contribution is -0.123. The standard InChI is InChI=1S/C15H22N2O/c1-10(2)16-15(18)11(3)17-14-9-8-12-6-4-5-7-13(12)14/h4-7,10-11,14,17H,8-9H2,1-3H3,(H,16,18). The number of hydrogen-bond donors (Lipinski definition) is 2. The number of carbonyl (C=O) groups excluding carboxylic acids is 1. The van der Waals surface area contributed by atoms with Gasteiger partial charge in [0.2, 0.25) is 5.91 Å². The second-order valence-electron chi connectivity index (χ2n) is 5.34. The number of amides is 1. The van der Waals surface area contributed by atoms with Crippen molar-refractivity contribution in [1.82, 2.24) is 10.6 Å². The van der Waals surface area contributed by atoms with Gasteiger partial charge in [0.25, 0.3) is 0 Å². The topological polar surface area (TPSA) is 41.1 Å². The lowest BCUT2D eigenvalue weighted by Gasteiger charge is -2.21. The van der Waals surface area contributed by atoms with E-state index in [2.05, 4.69) is 34.9 Å². The molecule has 2 unspecified atom stereocenters. The fraction of sp³-hybridized carbons (Fsp3) is 0.533. The number of aryl methyl sites for hydroxylation is 1. The number of rotatable bonds is 4. The predicted octanol–water partition coefficient (Wildman–Crippen LogP) is 2.18. The van der Waals surface area contributed by atoms with Gasteiger partial charge in [0.1, 0.15) is 0 Å². The van der Waals surface area contributed by atoms with Crippen molar-refractivity contribution in [3.8, 4) is 0 Å². The molecular weight excluding hydrogens is 224 g/mol. The van der Waals surface area contributed by atoms with Crippen molar-refractivity contribution in [1.29, 1.82) is 0 Å². The molecule has 0 aromatic heterocycles. The lowest BCUT2D eigenvalue weighted by atomic mass is 10.1. The van der Waals surface area contributed by atoms with Crippen LogP contribution >= 0.6 is 0 Å². The molecule has 0 spiro atoms. The third kappa shape index (κ3) is 2.91. The molecule has 0 fully saturated rings. The van der Waals surface area contributed by atoms with Gasteiger partial charge in [-0.1, -0.05) is 24.3 Å². The van der Waals surface area contributed by atoms with E-state index in [-0.39, 0.29) is 18.0 Å². The Hall–Kier alpha value is -1.35. The van der Waals surface area contributed by atoms with Crippen LogP contribution in [0.2, 0.25) is 0 Å². The number of carbonyl (C=O) groups is 1. The Kier molecular flexibility index (Phi) is 4.02. The predicted molar refractivity (Wildman–Crippen MR) is 73.4 cm³/mol. The Bertz CT molecular complexity index is 428. The lowest BCUT2D eigenvalue weighted by Crippen LogP contribution is -2.45. The van der Waals surface area contributed by atoms with Crippen LogP contribution in [0.3, 0.4) is 0 Å². The number of fused-ring (bicyclic) bond motifs is 1. The quantitative estimate of drug-likeness (QED) is 0.855. The first-order valence-corrected chi connectivity index (χ1v) is 6.72. The molecule has 0 radical (unpaired) electrons. The molecule has 0 heterocycles. The third-order valence-electron chi connectivity index (χ3n) is 3.41. The van der Waals surface area contributed by atoms with E-state index < -0.39 is 0 Å². The fourth-order valence-corrected chi connectivity index (χ4v) is 2.52. The molecular formula is C15H22N2O. The molecule has 0 aliphatic heterocycles. The summed E-state index contributed by atoms with van der Waals surface area (Å²) < 4.78 is 0. The summed E-state index contributed by atoms with van der Waals surface area (Å²) in [7, 11) is 0. The maximum absolute atomic E-state index is 11.9. The molecule has 3 heteroatoms. The summed E-state index contributed by atoms with van der Waals surface area (Å²) in [6, 6.07) is 8.84. The SMILES string of the molecule is CC(C)NC(=O)C(C)NC1CCc2ccccc21. The molecule has 0 saturated carbocycles. The van der Waals surface area contributed by atoms with Gasteiger partial charge in [0.15, 0.2) is 0 Å². The summed E-state index contributed by atoms with van der Waals surface area (Å²) in [6.07, 6.45) is 2.19. The monoisotopic (exact) mass is 246 g/mol. The maximum Gasteiger partial charge on any atom is 0.237 e. The van der Waals surface area contributed by atoms with Crippen molar-refractivity contribution in [2.75, 3.05) is 0 Å². The molecule has 2 N–H and O–H groups in total. The van der Waals surface area contributed by atoms with E-state index in [4.69, 9.17) is 0 Å². The van der Waals surface area contributed by atoms with E-state index in [1.165, 1.54) is 11.1 Å². The molecule has 1 aliphatic rings. The normalized spacial score (nSPS) is 19.7. The van der Waals surface area contributed by atoms with Crippen LogP contribution in [0.25, 0.3) is 0 Å². The van der Waals surface area contributed by atoms with Crippen LogP contribution in [-0.2, 0) is 11.2 Å². The van der Waals surface area contributed by atoms with Crippen molar-refractivity contribution >= 4 is 5.91 Å². The summed E-state index contributed by atoms with van der Waals surface area (Å²) in [5.74, 6) is 0.0781. The van der Waals surface area contributed by atoms with Gasteiger partial charge in [-0.05, 0) is 44.7 Å². The van der Waals surface area contributed by atoms with E-state index in [0.717, 1.165) is 12.8 Å². The maximum atomic E-state index is 11.9. The highest BCUT2D eigenvalue weighted by atomic mass is 16.2. The zero-order valence-electron chi connectivity index (χ0n) is 11.4. The van der Waals surface area contributed by atoms with E-state index in [0.29, 0.717) is 6.04 Å². The minimum absolute atomic E-state index is 0.0781. The van der Waals surface area contributed by atoms with Crippen LogP contribution < -0.4 is 10.6 Å². The largest absolute Gasteiger partial charge is 0.353 e. The summed E-state index contributed by atoms with van der Waals surface area (Å²) in [6.45, 7) is 5.89. The van der Waals surface area contributed by atoms with Gasteiger partial charge in [0.05, 0.1) is 6.04 Å². The molecule has 1 amide bonds. The van der Waals surface area contributed by atoms with Gasteiger partial charge >= 0.3 is 0 Å². The smallest absolute Gasteiger partial charge is 0.237 e. The minimum atomic E-state index is -0.149. The van der Waals surface area contributed by atoms with Crippen LogP contribution in [0, 0.1) is 0 Å². The van der Waals surface area contributed by atoms with Gasteiger partial charge in [-0.3, -0.25) is 10.1 Å². The van der Waals surface area contributed by atoms with E-state index in [1.807, 2.05) is 20.8 Å². The van der Waals surface area contributed by atoms with E-state index >= 15 is 0 Å². The van der Waals surface area contributed by atoms with Gasteiger partial charge in [-0.15, -0.1) is 0 Å². The van der Waals surface area contributed by atoms with Gasteiger partial charge in [-0.25, -0.2) is 0 Å². The molecule has 2 atom stereocenters. The van der Waals surface area contributed by atoms with Crippen molar-refractivity contribution in [3.05, 3.63) is 35.4 Å². The van der Waals surface area contributed by atoms with Crippen molar-refractivity contribution < 1.29 is 4.79 Å². The van der Waals surface area contributed by atoms with Crippen LogP contribution in [0.4, 0.5) is 0 Å². The molecule has 2 rings (SSSR count). The van der Waals surface area contributed by atoms with Crippen molar-refractivity contribution in [2.24, 2.45) is 0 Å². The van der Waals surface area contributed by atoms with Crippen molar-refractivity contribution in [3.63, 3.8) is 0 Å². The van der Waals surface area contributed by atoms with Crippen LogP contribution in [0.1, 0.15) is 44.4 Å². The zero-order chi connectivity index (χ0) is 13.1. The van der Waals surface area contributed by atoms with Crippen LogP contribution in [0.5, 0.6) is 0 Å². The van der Waals surface area contributed by atoms with Crippen LogP contribution in [0.15, 0.2) is 24.3 Å². The molecule has 1 aliphatic carbocycles. The summed E-state index contributed by atoms with van der Waals surface area (Å²) >= 11 is 0. The van der Waals surface area contributed by atoms with Crippen LogP contribution in [-0.4, -0.2) is 18.0 Å². The first-order valence-electron chi connectivity index (χ1n) is 6.72. The fourth-order valence-electron chi connectivity index (χ4n) is 2.52. The number of benzene rings is 1. The average Bonchev–Trinajstić information content (AvgIpc) is 2.72. The number of hydrogen-bond acceptors (Lipinski definition) is 2. The summed E-state index contributed by atoms with van der Waals surface area (Å²) in [4.78, 5) is 11.9. The van der Waals surface area contributed by atoms with Gasteiger partial charge in [-0.2, -0.15) is 0 Å². The highest BCUT2D eigenvalue weighted by Crippen LogP contribution is 2.30. The first kappa shape index (κ1) is 13.1. The highest BCUT2D eigenvalue weighted by Gasteiger charge is 2.25. The first-order chi connectivity index (χ1) is 8.58. The Morgan fingerprint density at radius 2 is 2.00 bits per heavy atom. The average molecular weight is 246 g/mol. The summed E-state index contributed by atoms with van der Waals surface area (Å²) in [5.41, 5.74) is 2.76. The second kappa shape index (κ2) is 5.53. The Balaban J connectivity index is 1.97. The van der Waals surface area contributed by atoms with Crippen molar-refractivity contribution in [2.45, 2.75) is 51.7 Å². The Morgan fingerprint density at radius 3 is 2.72 bits per heavy atom. The molecule has 18 heavy (non-hydrogen) atoms. The molecule has 0 bridgehead atoms. The van der Waals surface area contributed by atoms with Gasteiger partial charge in [0, 0.05) is 12.1 Å².